The Bertz CT molecular complexity index is 609. The van der Waals surface area contributed by atoms with E-state index in [1.807, 2.05) is 0 Å². The summed E-state index contributed by atoms with van der Waals surface area (Å²) < 4.78 is 15.4. The summed E-state index contributed by atoms with van der Waals surface area (Å²) in [5, 5.41) is 0.529. The van der Waals surface area contributed by atoms with Gasteiger partial charge in [0.1, 0.15) is 12.4 Å². The van der Waals surface area contributed by atoms with Crippen molar-refractivity contribution in [2.75, 3.05) is 31.3 Å². The lowest BCUT2D eigenvalue weighted by Gasteiger charge is -2.29. The third-order valence-electron chi connectivity index (χ3n) is 3.10. The van der Waals surface area contributed by atoms with Crippen molar-refractivity contribution in [2.24, 2.45) is 0 Å². The molecule has 0 amide bonds. The van der Waals surface area contributed by atoms with Crippen LogP contribution in [-0.2, 0) is 19.1 Å². The molecule has 0 aliphatic carbocycles. The standard InChI is InChI=1S/C16H18ClNO5/c1-3-21-15(19)12(16(20)22-4-2)10-18-7-8-23-14-6-5-11(17)9-13(14)18/h5-6,9-10H,3-4,7-8H2,1-2H3. The number of nitrogens with zero attached hydrogens (tertiary/aromatic N) is 1. The number of carbonyl (C=O) groups is 2. The molecule has 0 unspecified atom stereocenters. The van der Waals surface area contributed by atoms with Crippen molar-refractivity contribution in [1.82, 2.24) is 0 Å². The van der Waals surface area contributed by atoms with Crippen LogP contribution in [-0.4, -0.2) is 38.3 Å². The van der Waals surface area contributed by atoms with Gasteiger partial charge in [-0.15, -0.1) is 0 Å². The highest BCUT2D eigenvalue weighted by Crippen LogP contribution is 2.34. The summed E-state index contributed by atoms with van der Waals surface area (Å²) in [4.78, 5) is 25.8. The molecule has 0 saturated heterocycles. The molecule has 0 bridgehead atoms. The Morgan fingerprint density at radius 3 is 2.52 bits per heavy atom. The minimum absolute atomic E-state index is 0.165. The van der Waals surface area contributed by atoms with Gasteiger partial charge in [-0.3, -0.25) is 0 Å². The molecule has 1 aromatic rings. The van der Waals surface area contributed by atoms with Gasteiger partial charge in [-0.05, 0) is 32.0 Å². The number of hydrogen-bond acceptors (Lipinski definition) is 6. The first-order valence-electron chi connectivity index (χ1n) is 7.31. The fourth-order valence-corrected chi connectivity index (χ4v) is 2.27. The zero-order valence-corrected chi connectivity index (χ0v) is 13.8. The molecule has 1 heterocycles. The van der Waals surface area contributed by atoms with Crippen molar-refractivity contribution in [3.8, 4) is 5.75 Å². The Balaban J connectivity index is 2.37. The van der Waals surface area contributed by atoms with Gasteiger partial charge >= 0.3 is 11.9 Å². The summed E-state index contributed by atoms with van der Waals surface area (Å²) in [6, 6.07) is 5.16. The van der Waals surface area contributed by atoms with E-state index in [4.69, 9.17) is 25.8 Å². The van der Waals surface area contributed by atoms with Crippen LogP contribution in [0.1, 0.15) is 13.8 Å². The molecule has 7 heteroatoms. The second-order valence-electron chi connectivity index (χ2n) is 4.64. The molecule has 2 rings (SSSR count). The number of esters is 2. The number of ether oxygens (including phenoxy) is 3. The fourth-order valence-electron chi connectivity index (χ4n) is 2.11. The lowest BCUT2D eigenvalue weighted by molar-refractivity contribution is -0.146. The fraction of sp³-hybridized carbons (Fsp3) is 0.375. The van der Waals surface area contributed by atoms with E-state index in [0.29, 0.717) is 29.6 Å². The zero-order chi connectivity index (χ0) is 16.8. The van der Waals surface area contributed by atoms with Crippen LogP contribution in [0.5, 0.6) is 5.75 Å². The first kappa shape index (κ1) is 17.1. The van der Waals surface area contributed by atoms with E-state index in [9.17, 15) is 9.59 Å². The van der Waals surface area contributed by atoms with E-state index in [-0.39, 0.29) is 18.8 Å². The van der Waals surface area contributed by atoms with E-state index in [1.54, 1.807) is 36.9 Å². The highest BCUT2D eigenvalue weighted by Gasteiger charge is 2.25. The molecular formula is C16H18ClNO5. The highest BCUT2D eigenvalue weighted by molar-refractivity contribution is 6.31. The zero-order valence-electron chi connectivity index (χ0n) is 13.0. The largest absolute Gasteiger partial charge is 0.490 e. The SMILES string of the molecule is CCOC(=O)C(=CN1CCOc2ccc(Cl)cc21)C(=O)OCC. The summed E-state index contributed by atoms with van der Waals surface area (Å²) in [6.07, 6.45) is 1.42. The lowest BCUT2D eigenvalue weighted by atomic mass is 10.2. The Morgan fingerprint density at radius 1 is 1.26 bits per heavy atom. The van der Waals surface area contributed by atoms with Gasteiger partial charge in [0.15, 0.2) is 5.57 Å². The average Bonchev–Trinajstić information content (AvgIpc) is 2.53. The number of fused-ring (bicyclic) bond motifs is 1. The third kappa shape index (κ3) is 4.16. The lowest BCUT2D eigenvalue weighted by Crippen LogP contribution is -2.30. The Morgan fingerprint density at radius 2 is 1.91 bits per heavy atom. The van der Waals surface area contributed by atoms with E-state index >= 15 is 0 Å². The van der Waals surface area contributed by atoms with Gasteiger partial charge in [-0.2, -0.15) is 0 Å². The maximum atomic E-state index is 12.0. The highest BCUT2D eigenvalue weighted by atomic mass is 35.5. The van der Waals surface area contributed by atoms with Crippen LogP contribution in [0.2, 0.25) is 5.02 Å². The van der Waals surface area contributed by atoms with Crippen molar-refractivity contribution in [2.45, 2.75) is 13.8 Å². The molecule has 1 aliphatic rings. The molecule has 0 fully saturated rings. The number of carbonyl (C=O) groups excluding carboxylic acids is 2. The monoisotopic (exact) mass is 339 g/mol. The van der Waals surface area contributed by atoms with Crippen LogP contribution in [0.3, 0.4) is 0 Å². The summed E-state index contributed by atoms with van der Waals surface area (Å²) in [5.41, 5.74) is 0.511. The molecule has 0 radical (unpaired) electrons. The minimum atomic E-state index is -0.721. The van der Waals surface area contributed by atoms with Gasteiger partial charge in [0, 0.05) is 11.2 Å². The number of rotatable bonds is 5. The molecular weight excluding hydrogens is 322 g/mol. The van der Waals surface area contributed by atoms with Gasteiger partial charge in [0.05, 0.1) is 25.4 Å². The maximum absolute atomic E-state index is 12.0. The molecule has 0 saturated carbocycles. The first-order valence-corrected chi connectivity index (χ1v) is 7.69. The smallest absolute Gasteiger partial charge is 0.347 e. The minimum Gasteiger partial charge on any atom is -0.490 e. The van der Waals surface area contributed by atoms with Crippen LogP contribution in [0.15, 0.2) is 30.0 Å². The van der Waals surface area contributed by atoms with Crippen LogP contribution in [0.25, 0.3) is 0 Å². The van der Waals surface area contributed by atoms with Crippen LogP contribution in [0, 0.1) is 0 Å². The van der Waals surface area contributed by atoms with Crippen LogP contribution >= 0.6 is 11.6 Å². The molecule has 6 nitrogen and oxygen atoms in total. The molecule has 124 valence electrons. The summed E-state index contributed by atoms with van der Waals surface area (Å²) in [6.45, 7) is 4.57. The predicted molar refractivity (Wildman–Crippen MR) is 85.6 cm³/mol. The van der Waals surface area contributed by atoms with Crippen molar-refractivity contribution < 1.29 is 23.8 Å². The average molecular weight is 340 g/mol. The molecule has 0 spiro atoms. The molecule has 23 heavy (non-hydrogen) atoms. The molecule has 0 atom stereocenters. The Kier molecular flexibility index (Phi) is 5.87. The second-order valence-corrected chi connectivity index (χ2v) is 5.07. The van der Waals surface area contributed by atoms with Crippen molar-refractivity contribution in [1.29, 1.82) is 0 Å². The van der Waals surface area contributed by atoms with Gasteiger partial charge in [-0.25, -0.2) is 9.59 Å². The summed E-state index contributed by atoms with van der Waals surface area (Å²) in [5.74, 6) is -0.814. The Hall–Kier alpha value is -2.21. The van der Waals surface area contributed by atoms with Gasteiger partial charge < -0.3 is 19.1 Å². The van der Waals surface area contributed by atoms with Crippen LogP contribution in [0.4, 0.5) is 5.69 Å². The number of benzene rings is 1. The van der Waals surface area contributed by atoms with Crippen molar-refractivity contribution in [3.63, 3.8) is 0 Å². The van der Waals surface area contributed by atoms with E-state index in [2.05, 4.69) is 0 Å². The Labute approximate surface area is 139 Å². The van der Waals surface area contributed by atoms with E-state index in [0.717, 1.165) is 0 Å². The molecule has 0 aromatic heterocycles. The van der Waals surface area contributed by atoms with E-state index in [1.165, 1.54) is 6.20 Å². The van der Waals surface area contributed by atoms with Crippen molar-refractivity contribution in [3.05, 3.63) is 35.0 Å². The second kappa shape index (κ2) is 7.87. The quantitative estimate of drug-likeness (QED) is 0.355. The van der Waals surface area contributed by atoms with Gasteiger partial charge in [-0.1, -0.05) is 11.6 Å². The number of hydrogen-bond donors (Lipinski definition) is 0. The molecule has 0 N–H and O–H groups in total. The number of halogens is 1. The predicted octanol–water partition coefficient (Wildman–Crippen LogP) is 2.55. The third-order valence-corrected chi connectivity index (χ3v) is 3.33. The summed E-state index contributed by atoms with van der Waals surface area (Å²) >= 11 is 6.02. The van der Waals surface area contributed by atoms with E-state index < -0.39 is 11.9 Å². The molecule has 1 aliphatic heterocycles. The van der Waals surface area contributed by atoms with Gasteiger partial charge in [0.25, 0.3) is 0 Å². The molecule has 1 aromatic carbocycles. The number of anilines is 1. The van der Waals surface area contributed by atoms with Gasteiger partial charge in [0.2, 0.25) is 0 Å². The topological polar surface area (TPSA) is 65.1 Å². The summed E-state index contributed by atoms with van der Waals surface area (Å²) in [7, 11) is 0. The maximum Gasteiger partial charge on any atom is 0.347 e. The van der Waals surface area contributed by atoms with Crippen molar-refractivity contribution >= 4 is 29.2 Å². The first-order chi connectivity index (χ1) is 11.1. The normalized spacial score (nSPS) is 12.7. The van der Waals surface area contributed by atoms with Crippen LogP contribution < -0.4 is 9.64 Å².